The Morgan fingerprint density at radius 3 is 2.50 bits per heavy atom. The number of halogens is 2. The number of ether oxygens (including phenoxy) is 1. The molecule has 0 radical (unpaired) electrons. The molecule has 0 saturated heterocycles. The summed E-state index contributed by atoms with van der Waals surface area (Å²) in [7, 11) is 0. The van der Waals surface area contributed by atoms with Crippen LogP contribution in [0, 0.1) is 11.3 Å². The summed E-state index contributed by atoms with van der Waals surface area (Å²) in [5, 5.41) is 11.3. The Balaban J connectivity index is 2.26. The molecule has 0 heterocycles. The maximum absolute atomic E-state index is 10.3. The number of benzene rings is 1. The second kappa shape index (κ2) is 4.92. The van der Waals surface area contributed by atoms with Crippen LogP contribution in [0.4, 0.5) is 0 Å². The van der Waals surface area contributed by atoms with Gasteiger partial charge >= 0.3 is 0 Å². The molecule has 1 fully saturated rings. The van der Waals surface area contributed by atoms with Crippen LogP contribution in [0.25, 0.3) is 0 Å². The molecule has 1 N–H and O–H groups in total. The first-order chi connectivity index (χ1) is 8.36. The van der Waals surface area contributed by atoms with Gasteiger partial charge in [0.05, 0.1) is 22.8 Å². The molecule has 1 aromatic carbocycles. The summed E-state index contributed by atoms with van der Waals surface area (Å²) in [5.74, 6) is 0.819. The van der Waals surface area contributed by atoms with Gasteiger partial charge in [-0.15, -0.1) is 0 Å². The van der Waals surface area contributed by atoms with Crippen molar-refractivity contribution in [1.82, 2.24) is 0 Å². The Labute approximate surface area is 118 Å². The molecule has 2 rings (SSSR count). The highest BCUT2D eigenvalue weighted by Crippen LogP contribution is 2.58. The predicted octanol–water partition coefficient (Wildman–Crippen LogP) is 4.47. The lowest BCUT2D eigenvalue weighted by Crippen LogP contribution is -2.06. The van der Waals surface area contributed by atoms with E-state index in [9.17, 15) is 5.11 Å². The highest BCUT2D eigenvalue weighted by atomic mass is 35.5. The Kier molecular flexibility index (Phi) is 3.82. The second-order valence-electron chi connectivity index (χ2n) is 5.48. The number of aliphatic hydroxyl groups is 1. The van der Waals surface area contributed by atoms with Crippen LogP contribution < -0.4 is 4.74 Å². The van der Waals surface area contributed by atoms with Gasteiger partial charge in [0.25, 0.3) is 0 Å². The zero-order valence-electron chi connectivity index (χ0n) is 10.8. The summed E-state index contributed by atoms with van der Waals surface area (Å²) in [5.41, 5.74) is 0.883. The molecule has 1 aliphatic carbocycles. The summed E-state index contributed by atoms with van der Waals surface area (Å²) in [6.45, 7) is 6.71. The van der Waals surface area contributed by atoms with Crippen LogP contribution in [-0.2, 0) is 0 Å². The number of rotatable bonds is 4. The molecule has 100 valence electrons. The fourth-order valence-corrected chi connectivity index (χ4v) is 2.79. The van der Waals surface area contributed by atoms with E-state index in [1.54, 1.807) is 12.1 Å². The van der Waals surface area contributed by atoms with Crippen LogP contribution in [0.1, 0.15) is 38.9 Å². The van der Waals surface area contributed by atoms with E-state index in [0.29, 0.717) is 28.0 Å². The molecule has 1 aliphatic rings. The van der Waals surface area contributed by atoms with Gasteiger partial charge in [-0.2, -0.15) is 0 Å². The van der Waals surface area contributed by atoms with Crippen molar-refractivity contribution in [2.24, 2.45) is 11.3 Å². The molecular formula is C14H18Cl2O2. The molecular weight excluding hydrogens is 271 g/mol. The van der Waals surface area contributed by atoms with E-state index < -0.39 is 6.10 Å². The third kappa shape index (κ3) is 2.61. The van der Waals surface area contributed by atoms with E-state index in [-0.39, 0.29) is 11.3 Å². The van der Waals surface area contributed by atoms with Crippen LogP contribution in [0.3, 0.4) is 0 Å². The van der Waals surface area contributed by atoms with Gasteiger partial charge in [-0.3, -0.25) is 0 Å². The van der Waals surface area contributed by atoms with E-state index in [4.69, 9.17) is 27.9 Å². The van der Waals surface area contributed by atoms with E-state index in [2.05, 4.69) is 13.8 Å². The summed E-state index contributed by atoms with van der Waals surface area (Å²) in [6.07, 6.45) is 0.454. The highest BCUT2D eigenvalue weighted by Gasteiger charge is 2.50. The minimum absolute atomic E-state index is 0.188. The number of hydrogen-bond donors (Lipinski definition) is 1. The maximum Gasteiger partial charge on any atom is 0.139 e. The Morgan fingerprint density at radius 1 is 1.39 bits per heavy atom. The molecule has 0 aliphatic heterocycles. The monoisotopic (exact) mass is 288 g/mol. The average molecular weight is 289 g/mol. The molecule has 2 nitrogen and oxygen atoms in total. The van der Waals surface area contributed by atoms with Crippen LogP contribution in [-0.4, -0.2) is 11.7 Å². The predicted molar refractivity (Wildman–Crippen MR) is 74.5 cm³/mol. The quantitative estimate of drug-likeness (QED) is 0.886. The lowest BCUT2D eigenvalue weighted by Gasteiger charge is -2.16. The van der Waals surface area contributed by atoms with Gasteiger partial charge in [0.1, 0.15) is 5.75 Å². The molecule has 1 aromatic rings. The SMILES string of the molecule is CCOc1cc(Cl)c(C(O)C2CC2(C)C)cc1Cl. The van der Waals surface area contributed by atoms with Gasteiger partial charge in [0, 0.05) is 11.6 Å². The molecule has 2 atom stereocenters. The Hall–Kier alpha value is -0.440. The van der Waals surface area contributed by atoms with E-state index in [1.165, 1.54) is 0 Å². The third-order valence-electron chi connectivity index (χ3n) is 3.64. The Bertz CT molecular complexity index is 457. The molecule has 1 saturated carbocycles. The first-order valence-corrected chi connectivity index (χ1v) is 6.92. The fourth-order valence-electron chi connectivity index (χ4n) is 2.30. The largest absolute Gasteiger partial charge is 0.492 e. The lowest BCUT2D eigenvalue weighted by molar-refractivity contribution is 0.138. The Morgan fingerprint density at radius 2 is 2.00 bits per heavy atom. The summed E-state index contributed by atoms with van der Waals surface area (Å²) < 4.78 is 5.37. The van der Waals surface area contributed by atoms with Crippen molar-refractivity contribution in [2.75, 3.05) is 6.61 Å². The standard InChI is InChI=1S/C14H18Cl2O2/c1-4-18-12-6-10(15)8(5-11(12)16)13(17)9-7-14(9,2)3/h5-6,9,13,17H,4,7H2,1-3H3. The van der Waals surface area contributed by atoms with Gasteiger partial charge in [-0.05, 0) is 30.7 Å². The van der Waals surface area contributed by atoms with Crippen molar-refractivity contribution in [1.29, 1.82) is 0 Å². The first kappa shape index (κ1) is 14.0. The summed E-state index contributed by atoms with van der Waals surface area (Å²) in [6, 6.07) is 3.40. The second-order valence-corrected chi connectivity index (χ2v) is 6.30. The van der Waals surface area contributed by atoms with Crippen molar-refractivity contribution >= 4 is 23.2 Å². The summed E-state index contributed by atoms with van der Waals surface area (Å²) in [4.78, 5) is 0. The van der Waals surface area contributed by atoms with Crippen LogP contribution in [0.2, 0.25) is 10.0 Å². The summed E-state index contributed by atoms with van der Waals surface area (Å²) >= 11 is 12.3. The zero-order valence-corrected chi connectivity index (χ0v) is 12.3. The van der Waals surface area contributed by atoms with Gasteiger partial charge < -0.3 is 9.84 Å². The number of hydrogen-bond acceptors (Lipinski definition) is 2. The van der Waals surface area contributed by atoms with Gasteiger partial charge in [0.2, 0.25) is 0 Å². The smallest absolute Gasteiger partial charge is 0.139 e. The molecule has 0 spiro atoms. The van der Waals surface area contributed by atoms with Crippen molar-refractivity contribution in [3.8, 4) is 5.75 Å². The molecule has 0 amide bonds. The minimum atomic E-state index is -0.555. The first-order valence-electron chi connectivity index (χ1n) is 6.16. The minimum Gasteiger partial charge on any atom is -0.492 e. The van der Waals surface area contributed by atoms with Gasteiger partial charge in [-0.25, -0.2) is 0 Å². The van der Waals surface area contributed by atoms with Gasteiger partial charge in [-0.1, -0.05) is 37.0 Å². The van der Waals surface area contributed by atoms with Crippen molar-refractivity contribution < 1.29 is 9.84 Å². The topological polar surface area (TPSA) is 29.5 Å². The lowest BCUT2D eigenvalue weighted by atomic mass is 9.99. The molecule has 2 unspecified atom stereocenters. The van der Waals surface area contributed by atoms with E-state index >= 15 is 0 Å². The van der Waals surface area contributed by atoms with E-state index in [0.717, 1.165) is 6.42 Å². The molecule has 4 heteroatoms. The van der Waals surface area contributed by atoms with Crippen LogP contribution in [0.5, 0.6) is 5.75 Å². The molecule has 18 heavy (non-hydrogen) atoms. The van der Waals surface area contributed by atoms with Crippen molar-refractivity contribution in [3.63, 3.8) is 0 Å². The zero-order chi connectivity index (χ0) is 13.5. The normalized spacial score (nSPS) is 22.7. The van der Waals surface area contributed by atoms with Crippen LogP contribution >= 0.6 is 23.2 Å². The average Bonchev–Trinajstić information content (AvgIpc) is 2.92. The fraction of sp³-hybridized carbons (Fsp3) is 0.571. The van der Waals surface area contributed by atoms with Crippen molar-refractivity contribution in [2.45, 2.75) is 33.3 Å². The van der Waals surface area contributed by atoms with Crippen molar-refractivity contribution in [3.05, 3.63) is 27.7 Å². The van der Waals surface area contributed by atoms with E-state index in [1.807, 2.05) is 6.92 Å². The highest BCUT2D eigenvalue weighted by molar-refractivity contribution is 6.34. The third-order valence-corrected chi connectivity index (χ3v) is 4.26. The number of aliphatic hydroxyl groups excluding tert-OH is 1. The van der Waals surface area contributed by atoms with Gasteiger partial charge in [0.15, 0.2) is 0 Å². The molecule has 0 bridgehead atoms. The molecule has 0 aromatic heterocycles. The maximum atomic E-state index is 10.3. The van der Waals surface area contributed by atoms with Crippen LogP contribution in [0.15, 0.2) is 12.1 Å².